The van der Waals surface area contributed by atoms with E-state index in [1.54, 1.807) is 0 Å². The minimum atomic E-state index is -0.354. The van der Waals surface area contributed by atoms with Crippen molar-refractivity contribution in [2.45, 2.75) is 71.9 Å². The summed E-state index contributed by atoms with van der Waals surface area (Å²) in [5.41, 5.74) is -0.509. The van der Waals surface area contributed by atoms with E-state index in [0.717, 1.165) is 52.0 Å². The topological polar surface area (TPSA) is 56.3 Å². The summed E-state index contributed by atoms with van der Waals surface area (Å²) in [5, 5.41) is 0. The van der Waals surface area contributed by atoms with E-state index in [9.17, 15) is 9.59 Å². The molecule has 2 aliphatic heterocycles. The fourth-order valence-electron chi connectivity index (χ4n) is 4.01. The van der Waals surface area contributed by atoms with Crippen LogP contribution in [0.1, 0.15) is 60.8 Å². The van der Waals surface area contributed by atoms with Crippen LogP contribution in [0.2, 0.25) is 0 Å². The second-order valence-corrected chi connectivity index (χ2v) is 9.59. The third-order valence-corrected chi connectivity index (χ3v) is 5.62. The zero-order valence-electron chi connectivity index (χ0n) is 18.8. The van der Waals surface area contributed by atoms with Crippen LogP contribution in [0.15, 0.2) is 0 Å². The van der Waals surface area contributed by atoms with Gasteiger partial charge in [0, 0.05) is 44.8 Å². The van der Waals surface area contributed by atoms with Crippen LogP contribution in [-0.4, -0.2) is 95.2 Å². The molecule has 0 aromatic heterocycles. The molecule has 7 heteroatoms. The number of hydrogen-bond donors (Lipinski definition) is 0. The summed E-state index contributed by atoms with van der Waals surface area (Å²) >= 11 is 0. The van der Waals surface area contributed by atoms with E-state index >= 15 is 0 Å². The first-order valence-corrected chi connectivity index (χ1v) is 10.8. The van der Waals surface area contributed by atoms with Crippen molar-refractivity contribution in [1.82, 2.24) is 19.6 Å². The molecule has 4 amide bonds. The van der Waals surface area contributed by atoms with E-state index in [1.165, 1.54) is 0 Å². The van der Waals surface area contributed by atoms with Crippen LogP contribution >= 0.6 is 0 Å². The fourth-order valence-corrected chi connectivity index (χ4v) is 4.01. The second-order valence-electron chi connectivity index (χ2n) is 9.59. The Kier molecular flexibility index (Phi) is 7.59. The molecule has 2 heterocycles. The number of nitrogens with zero attached hydrogens (tertiary/aromatic N) is 4. The van der Waals surface area contributed by atoms with Crippen LogP contribution in [0.3, 0.4) is 0 Å². The number of rotatable bonds is 8. The van der Waals surface area contributed by atoms with Gasteiger partial charge in [0.25, 0.3) is 0 Å². The van der Waals surface area contributed by atoms with Crippen molar-refractivity contribution in [2.24, 2.45) is 0 Å². The molecule has 2 fully saturated rings. The molecular formula is C21H40N4O3. The predicted molar refractivity (Wildman–Crippen MR) is 112 cm³/mol. The molecule has 28 heavy (non-hydrogen) atoms. The first kappa shape index (κ1) is 22.8. The van der Waals surface area contributed by atoms with Crippen LogP contribution in [0.4, 0.5) is 9.59 Å². The minimum Gasteiger partial charge on any atom is -0.377 e. The lowest BCUT2D eigenvalue weighted by molar-refractivity contribution is 0.00267. The van der Waals surface area contributed by atoms with Gasteiger partial charge < -0.3 is 24.3 Å². The highest BCUT2D eigenvalue weighted by molar-refractivity contribution is 5.76. The maximum atomic E-state index is 12.8. The minimum absolute atomic E-state index is 0.100. The third-order valence-electron chi connectivity index (χ3n) is 5.62. The molecular weight excluding hydrogens is 356 g/mol. The number of ether oxygens (including phenoxy) is 1. The van der Waals surface area contributed by atoms with E-state index in [2.05, 4.69) is 41.5 Å². The van der Waals surface area contributed by atoms with Gasteiger partial charge in [0.1, 0.15) is 0 Å². The Balaban J connectivity index is 1.82. The molecule has 0 bridgehead atoms. The molecule has 2 rings (SSSR count). The lowest BCUT2D eigenvalue weighted by Crippen LogP contribution is -2.59. The Morgan fingerprint density at radius 2 is 1.36 bits per heavy atom. The number of hydrogen-bond acceptors (Lipinski definition) is 3. The molecule has 162 valence electrons. The summed E-state index contributed by atoms with van der Waals surface area (Å²) in [6.07, 6.45) is 2.97. The zero-order chi connectivity index (χ0) is 20.9. The van der Waals surface area contributed by atoms with Gasteiger partial charge in [-0.2, -0.15) is 0 Å². The molecule has 0 saturated carbocycles. The van der Waals surface area contributed by atoms with Crippen molar-refractivity contribution in [1.29, 1.82) is 0 Å². The van der Waals surface area contributed by atoms with Gasteiger partial charge in [0.2, 0.25) is 0 Å². The Morgan fingerprint density at radius 3 is 1.93 bits per heavy atom. The lowest BCUT2D eigenvalue weighted by Gasteiger charge is -2.45. The molecule has 7 nitrogen and oxygen atoms in total. The van der Waals surface area contributed by atoms with Crippen molar-refractivity contribution in [3.63, 3.8) is 0 Å². The standard InChI is InChI=1S/C21H40N4O3/c1-7-10-22-11-9-14-25(19(22)27)21(5,6)17-28-16-15-23-12-8-13-24(18(23)26)20(2,3)4/h7-17H2,1-6H3. The number of urea groups is 2. The van der Waals surface area contributed by atoms with Crippen molar-refractivity contribution in [2.75, 3.05) is 52.5 Å². The van der Waals surface area contributed by atoms with E-state index in [1.807, 2.05) is 19.6 Å². The predicted octanol–water partition coefficient (Wildman–Crippen LogP) is 3.25. The molecule has 0 spiro atoms. The molecule has 0 N–H and O–H groups in total. The van der Waals surface area contributed by atoms with Crippen molar-refractivity contribution >= 4 is 12.1 Å². The molecule has 2 saturated heterocycles. The van der Waals surface area contributed by atoms with Gasteiger partial charge in [0.15, 0.2) is 0 Å². The quantitative estimate of drug-likeness (QED) is 0.592. The van der Waals surface area contributed by atoms with Gasteiger partial charge >= 0.3 is 12.1 Å². The summed E-state index contributed by atoms with van der Waals surface area (Å²) in [6, 6.07) is 0.219. The average molecular weight is 397 g/mol. The van der Waals surface area contributed by atoms with E-state index in [0.29, 0.717) is 19.8 Å². The molecule has 2 aliphatic rings. The highest BCUT2D eigenvalue weighted by Gasteiger charge is 2.36. The Hall–Kier alpha value is -1.50. The lowest BCUT2D eigenvalue weighted by atomic mass is 10.0. The number of carbonyl (C=O) groups excluding carboxylic acids is 2. The summed E-state index contributed by atoms with van der Waals surface area (Å²) < 4.78 is 5.94. The largest absolute Gasteiger partial charge is 0.377 e. The van der Waals surface area contributed by atoms with E-state index < -0.39 is 0 Å². The van der Waals surface area contributed by atoms with Crippen LogP contribution in [-0.2, 0) is 4.74 Å². The molecule has 0 aliphatic carbocycles. The third kappa shape index (κ3) is 5.52. The highest BCUT2D eigenvalue weighted by atomic mass is 16.5. The molecule has 0 aromatic rings. The van der Waals surface area contributed by atoms with Gasteiger partial charge in [0.05, 0.1) is 18.8 Å². The Bertz CT molecular complexity index is 542. The molecule has 0 aromatic carbocycles. The molecule has 0 unspecified atom stereocenters. The highest BCUT2D eigenvalue weighted by Crippen LogP contribution is 2.22. The number of amides is 4. The second kappa shape index (κ2) is 9.33. The molecule has 0 atom stereocenters. The van der Waals surface area contributed by atoms with Gasteiger partial charge in [-0.3, -0.25) is 0 Å². The van der Waals surface area contributed by atoms with Crippen molar-refractivity contribution in [3.05, 3.63) is 0 Å². The number of carbonyl (C=O) groups is 2. The van der Waals surface area contributed by atoms with Crippen molar-refractivity contribution in [3.8, 4) is 0 Å². The SMILES string of the molecule is CCCN1CCCN(C(C)(C)COCCN2CCCN(C(C)(C)C)C2=O)C1=O. The smallest absolute Gasteiger partial charge is 0.320 e. The summed E-state index contributed by atoms with van der Waals surface area (Å²) in [6.45, 7) is 18.1. The zero-order valence-corrected chi connectivity index (χ0v) is 18.8. The maximum absolute atomic E-state index is 12.8. The van der Waals surface area contributed by atoms with Crippen LogP contribution in [0.5, 0.6) is 0 Å². The van der Waals surface area contributed by atoms with E-state index in [-0.39, 0.29) is 23.1 Å². The average Bonchev–Trinajstić information content (AvgIpc) is 2.60. The fraction of sp³-hybridized carbons (Fsp3) is 0.905. The van der Waals surface area contributed by atoms with Crippen LogP contribution in [0.25, 0.3) is 0 Å². The summed E-state index contributed by atoms with van der Waals surface area (Å²) in [7, 11) is 0. The summed E-state index contributed by atoms with van der Waals surface area (Å²) in [5.74, 6) is 0. The van der Waals surface area contributed by atoms with Crippen molar-refractivity contribution < 1.29 is 14.3 Å². The first-order chi connectivity index (χ1) is 13.1. The van der Waals surface area contributed by atoms with E-state index in [4.69, 9.17) is 4.74 Å². The van der Waals surface area contributed by atoms with Gasteiger partial charge in [-0.1, -0.05) is 6.92 Å². The Morgan fingerprint density at radius 1 is 0.821 bits per heavy atom. The van der Waals surface area contributed by atoms with Crippen LogP contribution in [0, 0.1) is 0 Å². The van der Waals surface area contributed by atoms with Gasteiger partial charge in [-0.25, -0.2) is 9.59 Å². The monoisotopic (exact) mass is 396 g/mol. The molecule has 0 radical (unpaired) electrons. The van der Waals surface area contributed by atoms with Gasteiger partial charge in [-0.05, 0) is 53.9 Å². The maximum Gasteiger partial charge on any atom is 0.320 e. The normalized spacial score (nSPS) is 19.6. The van der Waals surface area contributed by atoms with Crippen LogP contribution < -0.4 is 0 Å². The Labute approximate surface area is 171 Å². The summed E-state index contributed by atoms with van der Waals surface area (Å²) in [4.78, 5) is 33.2. The first-order valence-electron chi connectivity index (χ1n) is 10.8. The van der Waals surface area contributed by atoms with Gasteiger partial charge in [-0.15, -0.1) is 0 Å².